The van der Waals surface area contributed by atoms with Crippen molar-refractivity contribution in [2.24, 2.45) is 5.41 Å². The Balaban J connectivity index is 2.51. The fraction of sp³-hybridized carbons (Fsp3) is 0.500. The molecule has 0 saturated carbocycles. The number of likely N-dealkylation sites (N-methyl/N-ethyl adjacent to an activating group) is 1. The smallest absolute Gasteiger partial charge is 0.459 e. The molecule has 2 N–H and O–H groups in total. The van der Waals surface area contributed by atoms with Gasteiger partial charge >= 0.3 is 13.8 Å². The van der Waals surface area contributed by atoms with E-state index in [4.69, 9.17) is 13.8 Å². The highest BCUT2D eigenvalue weighted by Crippen LogP contribution is 2.43. The fourth-order valence-corrected chi connectivity index (χ4v) is 5.30. The van der Waals surface area contributed by atoms with Crippen LogP contribution in [0.3, 0.4) is 0 Å². The Hall–Kier alpha value is -2.84. The largest absolute Gasteiger partial charge is 0.472 e. The van der Waals surface area contributed by atoms with Gasteiger partial charge in [-0.2, -0.15) is 0 Å². The SMILES string of the molecule is CC1=C(/C=C/C(C)=C/C=C/C(C)=C/C=C/C=C(C)/C=C/C=C(\C)C(=O)OC[C@@H](O)COP(=O)(O)OCC[N+](C)(C)C)C(C)(C)CCC1. The van der Waals surface area contributed by atoms with E-state index in [1.54, 1.807) is 19.1 Å². The zero-order chi connectivity index (χ0) is 35.7. The van der Waals surface area contributed by atoms with Gasteiger partial charge in [-0.25, -0.2) is 9.36 Å². The number of carbonyl (C=O) groups is 1. The molecule has 9 heteroatoms. The van der Waals surface area contributed by atoms with E-state index in [0.29, 0.717) is 16.6 Å². The summed E-state index contributed by atoms with van der Waals surface area (Å²) in [6.45, 7) is 14.3. The van der Waals surface area contributed by atoms with E-state index in [0.717, 1.165) is 11.1 Å². The monoisotopic (exact) mass is 672 g/mol. The van der Waals surface area contributed by atoms with Crippen molar-refractivity contribution in [3.05, 3.63) is 106 Å². The molecule has 8 nitrogen and oxygen atoms in total. The van der Waals surface area contributed by atoms with Gasteiger partial charge in [-0.1, -0.05) is 109 Å². The Morgan fingerprint density at radius 2 is 1.45 bits per heavy atom. The number of hydrogen-bond acceptors (Lipinski definition) is 6. The molecule has 47 heavy (non-hydrogen) atoms. The second kappa shape index (κ2) is 20.5. The van der Waals surface area contributed by atoms with Gasteiger partial charge in [0.2, 0.25) is 0 Å². The van der Waals surface area contributed by atoms with Crippen LogP contribution in [-0.4, -0.2) is 74.1 Å². The zero-order valence-electron chi connectivity index (χ0n) is 30.3. The molecule has 1 unspecified atom stereocenters. The third-order valence-electron chi connectivity index (χ3n) is 7.48. The first-order chi connectivity index (χ1) is 21.8. The summed E-state index contributed by atoms with van der Waals surface area (Å²) in [7, 11) is 1.45. The molecule has 0 amide bonds. The topological polar surface area (TPSA) is 102 Å². The van der Waals surface area contributed by atoms with E-state index in [9.17, 15) is 19.4 Å². The van der Waals surface area contributed by atoms with Gasteiger partial charge in [-0.05, 0) is 64.9 Å². The van der Waals surface area contributed by atoms with Gasteiger partial charge in [0.25, 0.3) is 0 Å². The predicted octanol–water partition coefficient (Wildman–Crippen LogP) is 8.27. The van der Waals surface area contributed by atoms with Crippen molar-refractivity contribution >= 4 is 13.8 Å². The number of aliphatic hydroxyl groups excluding tert-OH is 1. The molecule has 1 aliphatic rings. The van der Waals surface area contributed by atoms with Crippen LogP contribution in [0, 0.1) is 5.41 Å². The van der Waals surface area contributed by atoms with Crippen LogP contribution in [0.4, 0.5) is 0 Å². The van der Waals surface area contributed by atoms with Gasteiger partial charge in [0.15, 0.2) is 0 Å². The number of aliphatic hydroxyl groups is 1. The molecule has 0 heterocycles. The minimum Gasteiger partial charge on any atom is -0.459 e. The molecule has 0 aromatic carbocycles. The maximum atomic E-state index is 12.2. The molecular formula is C38H59NO7P+. The number of esters is 1. The van der Waals surface area contributed by atoms with Crippen molar-refractivity contribution in [3.8, 4) is 0 Å². The summed E-state index contributed by atoms with van der Waals surface area (Å²) in [5.74, 6) is -0.614. The lowest BCUT2D eigenvalue weighted by Crippen LogP contribution is -2.37. The fourth-order valence-electron chi connectivity index (χ4n) is 4.55. The molecule has 1 rings (SSSR count). The van der Waals surface area contributed by atoms with E-state index in [-0.39, 0.29) is 18.6 Å². The standard InChI is InChI=1S/C38H58NO7P/c1-30(18-13-19-32(3)23-24-36-33(4)22-15-25-38(36,6)7)16-11-12-17-31(2)20-14-21-34(5)37(41)44-28-35(40)29-46-47(42,43)45-27-26-39(8,9)10/h11-14,16-21,23-24,35,40H,15,22,25-29H2,1-10H3/p+1/b12-11+,18-13+,20-14+,24-23+,30-16+,31-17+,32-19+,34-21+/t35-/m1/s1. The van der Waals surface area contributed by atoms with Crippen LogP contribution in [0.5, 0.6) is 0 Å². The molecule has 0 aliphatic heterocycles. The third-order valence-corrected chi connectivity index (χ3v) is 8.47. The molecule has 262 valence electrons. The lowest BCUT2D eigenvalue weighted by atomic mass is 9.72. The van der Waals surface area contributed by atoms with E-state index in [1.165, 1.54) is 36.0 Å². The molecule has 0 fully saturated rings. The second-order valence-electron chi connectivity index (χ2n) is 13.8. The molecule has 0 radical (unpaired) electrons. The number of allylic oxidation sites excluding steroid dienone is 17. The van der Waals surface area contributed by atoms with Crippen LogP contribution in [0.25, 0.3) is 0 Å². The first kappa shape index (κ1) is 42.2. The highest BCUT2D eigenvalue weighted by Gasteiger charge is 2.26. The molecule has 1 aliphatic carbocycles. The van der Waals surface area contributed by atoms with Gasteiger partial charge in [0, 0.05) is 5.57 Å². The van der Waals surface area contributed by atoms with Crippen LogP contribution in [0.2, 0.25) is 0 Å². The number of phosphoric ester groups is 1. The Bertz CT molecular complexity index is 1360. The van der Waals surface area contributed by atoms with Crippen LogP contribution in [0.1, 0.15) is 67.7 Å². The number of phosphoric acid groups is 1. The number of carbonyl (C=O) groups excluding carboxylic acids is 1. The van der Waals surface area contributed by atoms with E-state index in [2.05, 4.69) is 65.0 Å². The van der Waals surface area contributed by atoms with E-state index in [1.807, 2.05) is 58.4 Å². The zero-order valence-corrected chi connectivity index (χ0v) is 31.2. The molecule has 0 aromatic heterocycles. The minimum absolute atomic E-state index is 0.0210. The van der Waals surface area contributed by atoms with Crippen LogP contribution in [-0.2, 0) is 23.1 Å². The first-order valence-corrected chi connectivity index (χ1v) is 17.7. The summed E-state index contributed by atoms with van der Waals surface area (Å²) in [6.07, 6.45) is 26.4. The Morgan fingerprint density at radius 1 is 0.894 bits per heavy atom. The van der Waals surface area contributed by atoms with Gasteiger partial charge < -0.3 is 19.2 Å². The van der Waals surface area contributed by atoms with Gasteiger partial charge in [0.1, 0.15) is 25.9 Å². The normalized spacial score (nSPS) is 19.4. The van der Waals surface area contributed by atoms with E-state index >= 15 is 0 Å². The van der Waals surface area contributed by atoms with Crippen molar-refractivity contribution < 1.29 is 37.6 Å². The number of ether oxygens (including phenoxy) is 1. The molecular weight excluding hydrogens is 613 g/mol. The Labute approximate surface area is 284 Å². The second-order valence-corrected chi connectivity index (χ2v) is 15.3. The number of hydrogen-bond donors (Lipinski definition) is 2. The maximum absolute atomic E-state index is 12.2. The predicted molar refractivity (Wildman–Crippen MR) is 194 cm³/mol. The van der Waals surface area contributed by atoms with Gasteiger partial charge in [-0.3, -0.25) is 9.05 Å². The van der Waals surface area contributed by atoms with Crippen molar-refractivity contribution in [1.29, 1.82) is 0 Å². The lowest BCUT2D eigenvalue weighted by Gasteiger charge is -2.32. The highest BCUT2D eigenvalue weighted by atomic mass is 31.2. The van der Waals surface area contributed by atoms with Crippen LogP contribution in [0.15, 0.2) is 106 Å². The summed E-state index contributed by atoms with van der Waals surface area (Å²) in [5, 5.41) is 9.98. The Morgan fingerprint density at radius 3 is 2.02 bits per heavy atom. The van der Waals surface area contributed by atoms with Crippen molar-refractivity contribution in [2.45, 2.75) is 73.8 Å². The summed E-state index contributed by atoms with van der Waals surface area (Å²) >= 11 is 0. The molecule has 0 bridgehead atoms. The van der Waals surface area contributed by atoms with Crippen molar-refractivity contribution in [3.63, 3.8) is 0 Å². The number of rotatable bonds is 18. The maximum Gasteiger partial charge on any atom is 0.472 e. The Kier molecular flexibility index (Phi) is 18.4. The summed E-state index contributed by atoms with van der Waals surface area (Å²) in [4.78, 5) is 21.9. The summed E-state index contributed by atoms with van der Waals surface area (Å²) < 4.78 is 27.2. The average molecular weight is 673 g/mol. The first-order valence-electron chi connectivity index (χ1n) is 16.2. The number of nitrogens with zero attached hydrogens (tertiary/aromatic N) is 1. The average Bonchev–Trinajstić information content (AvgIpc) is 2.95. The molecule has 0 aromatic rings. The van der Waals surface area contributed by atoms with E-state index < -0.39 is 26.5 Å². The number of quaternary nitrogens is 1. The highest BCUT2D eigenvalue weighted by molar-refractivity contribution is 7.47. The van der Waals surface area contributed by atoms with Crippen LogP contribution >= 0.6 is 7.82 Å². The quantitative estimate of drug-likeness (QED) is 0.0497. The molecule has 0 spiro atoms. The minimum atomic E-state index is -4.31. The lowest BCUT2D eigenvalue weighted by molar-refractivity contribution is -0.870. The molecule has 2 atom stereocenters. The van der Waals surface area contributed by atoms with Crippen molar-refractivity contribution in [1.82, 2.24) is 0 Å². The van der Waals surface area contributed by atoms with Gasteiger partial charge in [0.05, 0.1) is 27.7 Å². The van der Waals surface area contributed by atoms with Gasteiger partial charge in [-0.15, -0.1) is 0 Å². The van der Waals surface area contributed by atoms with Crippen molar-refractivity contribution in [2.75, 3.05) is 47.5 Å². The summed E-state index contributed by atoms with van der Waals surface area (Å²) in [5.41, 5.74) is 6.89. The summed E-state index contributed by atoms with van der Waals surface area (Å²) in [6, 6.07) is 0. The molecule has 0 saturated heterocycles. The van der Waals surface area contributed by atoms with Crippen LogP contribution < -0.4 is 0 Å². The third kappa shape index (κ3) is 19.5.